The third-order valence-electron chi connectivity index (χ3n) is 5.16. The minimum atomic E-state index is -0.491. The van der Waals surface area contributed by atoms with E-state index in [0.717, 1.165) is 12.8 Å². The Bertz CT molecular complexity index is 1610. The van der Waals surface area contributed by atoms with Crippen molar-refractivity contribution in [2.45, 2.75) is 25.4 Å². The van der Waals surface area contributed by atoms with Gasteiger partial charge in [-0.05, 0) is 36.4 Å². The zero-order chi connectivity index (χ0) is 21.7. The minimum Gasteiger partial charge on any atom is -0.493 e. The molecule has 11 heteroatoms. The van der Waals surface area contributed by atoms with Crippen LogP contribution in [0.4, 0.5) is 5.95 Å². The lowest BCUT2D eigenvalue weighted by Crippen LogP contribution is -2.24. The number of fused-ring (bicyclic) bond motifs is 2. The van der Waals surface area contributed by atoms with E-state index in [9.17, 15) is 9.90 Å². The minimum absolute atomic E-state index is 0.241. The number of hydrogen-bond acceptors (Lipinski definition) is 8. The Labute approximate surface area is 184 Å². The van der Waals surface area contributed by atoms with E-state index in [-0.39, 0.29) is 17.6 Å². The second-order valence-electron chi connectivity index (χ2n) is 7.63. The van der Waals surface area contributed by atoms with Crippen LogP contribution in [-0.4, -0.2) is 40.7 Å². The van der Waals surface area contributed by atoms with Gasteiger partial charge in [0.05, 0.1) is 18.8 Å². The number of aromatic nitrogens is 6. The number of rotatable bonds is 5. The van der Waals surface area contributed by atoms with Gasteiger partial charge in [-0.2, -0.15) is 19.6 Å². The lowest BCUT2D eigenvalue weighted by Gasteiger charge is -2.04. The topological polar surface area (TPSA) is 136 Å². The van der Waals surface area contributed by atoms with E-state index in [1.54, 1.807) is 28.1 Å². The fraction of sp³-hybridized carbons (Fsp3) is 0.190. The molecular weight excluding hydrogens is 428 g/mol. The van der Waals surface area contributed by atoms with Crippen LogP contribution in [0, 0.1) is 0 Å². The van der Waals surface area contributed by atoms with Gasteiger partial charge in [0.2, 0.25) is 11.8 Å². The summed E-state index contributed by atoms with van der Waals surface area (Å²) in [6.07, 6.45) is 5.29. The lowest BCUT2D eigenvalue weighted by molar-refractivity contribution is 0.454. The molecule has 1 aliphatic carbocycles. The van der Waals surface area contributed by atoms with Crippen molar-refractivity contribution in [3.63, 3.8) is 0 Å². The second kappa shape index (κ2) is 7.31. The first-order valence-electron chi connectivity index (χ1n) is 10.2. The third-order valence-corrected chi connectivity index (χ3v) is 6.27. The van der Waals surface area contributed by atoms with Gasteiger partial charge >= 0.3 is 5.69 Å². The molecule has 1 fully saturated rings. The van der Waals surface area contributed by atoms with Crippen molar-refractivity contribution < 1.29 is 5.11 Å². The summed E-state index contributed by atoms with van der Waals surface area (Å²) in [5.41, 5.74) is 0.765. The van der Waals surface area contributed by atoms with E-state index in [0.29, 0.717) is 29.0 Å². The summed E-state index contributed by atoms with van der Waals surface area (Å²) >= 11 is 1.73. The molecule has 0 unspecified atom stereocenters. The van der Waals surface area contributed by atoms with E-state index in [1.165, 1.54) is 15.0 Å². The van der Waals surface area contributed by atoms with Crippen LogP contribution < -0.4 is 21.8 Å². The molecule has 4 heterocycles. The van der Waals surface area contributed by atoms with E-state index >= 15 is 0 Å². The number of imidazole rings is 1. The molecule has 1 saturated carbocycles. The van der Waals surface area contributed by atoms with E-state index < -0.39 is 5.69 Å². The standard InChI is InChI=1S/C21H18N8O2S/c30-18-15(25-21(31)27-18)8-12-9-23-29-17(12)26-19(28-20(29)24-13-5-6-13)22-10-14-7-11-3-1-2-4-16(11)32-14/h1-4,7-9,13,30H,5-6,10H2,(H,22,24,28)(H2,25,27,31)/b12-8+. The average molecular weight is 446 g/mol. The van der Waals surface area contributed by atoms with Gasteiger partial charge in [0, 0.05) is 14.8 Å². The Morgan fingerprint density at radius 2 is 2.16 bits per heavy atom. The number of aromatic hydroxyl groups is 1. The summed E-state index contributed by atoms with van der Waals surface area (Å²) < 4.78 is 2.81. The molecule has 0 saturated heterocycles. The van der Waals surface area contributed by atoms with Crippen LogP contribution in [0.2, 0.25) is 0 Å². The number of nitrogens with one attached hydrogen (secondary N) is 3. The highest BCUT2D eigenvalue weighted by Gasteiger charge is 2.21. The van der Waals surface area contributed by atoms with Gasteiger partial charge in [0.15, 0.2) is 5.65 Å². The maximum atomic E-state index is 11.5. The number of hydrogen-bond donors (Lipinski definition) is 4. The maximum absolute atomic E-state index is 11.5. The van der Waals surface area contributed by atoms with Crippen molar-refractivity contribution in [2.75, 3.05) is 5.32 Å². The predicted molar refractivity (Wildman–Crippen MR) is 120 cm³/mol. The van der Waals surface area contributed by atoms with Gasteiger partial charge in [-0.15, -0.1) is 11.3 Å². The van der Waals surface area contributed by atoms with Crippen molar-refractivity contribution in [3.8, 4) is 5.88 Å². The van der Waals surface area contributed by atoms with E-state index in [4.69, 9.17) is 0 Å². The van der Waals surface area contributed by atoms with Crippen molar-refractivity contribution in [3.05, 3.63) is 68.4 Å². The lowest BCUT2D eigenvalue weighted by atomic mass is 10.2. The van der Waals surface area contributed by atoms with Gasteiger partial charge in [-0.3, -0.25) is 4.98 Å². The highest BCUT2D eigenvalue weighted by molar-refractivity contribution is 7.19. The Morgan fingerprint density at radius 3 is 2.94 bits per heavy atom. The summed E-state index contributed by atoms with van der Waals surface area (Å²) in [7, 11) is 0. The Kier molecular flexibility index (Phi) is 4.28. The molecule has 160 valence electrons. The predicted octanol–water partition coefficient (Wildman–Crippen LogP) is 1.28. The van der Waals surface area contributed by atoms with Crippen LogP contribution in [0.5, 0.6) is 5.88 Å². The molecule has 0 radical (unpaired) electrons. The molecule has 0 amide bonds. The largest absolute Gasteiger partial charge is 0.493 e. The van der Waals surface area contributed by atoms with E-state index in [2.05, 4.69) is 53.5 Å². The molecule has 1 aromatic carbocycles. The number of nitrogens with zero attached hydrogens (tertiary/aromatic N) is 5. The van der Waals surface area contributed by atoms with Crippen LogP contribution in [-0.2, 0) is 6.54 Å². The van der Waals surface area contributed by atoms with Crippen molar-refractivity contribution in [1.29, 1.82) is 0 Å². The van der Waals surface area contributed by atoms with Crippen LogP contribution in [0.3, 0.4) is 0 Å². The Hall–Kier alpha value is -3.99. The second-order valence-corrected chi connectivity index (χ2v) is 8.80. The summed E-state index contributed by atoms with van der Waals surface area (Å²) in [6, 6.07) is 10.7. The molecule has 0 atom stereocenters. The van der Waals surface area contributed by atoms with Gasteiger partial charge in [-0.1, -0.05) is 18.2 Å². The average Bonchev–Trinajstić information content (AvgIpc) is 3.21. The first kappa shape index (κ1) is 18.8. The molecule has 1 aliphatic rings. The molecule has 10 nitrogen and oxygen atoms in total. The normalized spacial score (nSPS) is 15.2. The molecule has 5 aromatic rings. The summed E-state index contributed by atoms with van der Waals surface area (Å²) in [4.78, 5) is 31.4. The number of H-pyrrole nitrogens is 2. The van der Waals surface area contributed by atoms with Crippen LogP contribution in [0.15, 0.2) is 46.3 Å². The molecule has 4 aromatic heterocycles. The number of benzene rings is 1. The summed E-state index contributed by atoms with van der Waals surface area (Å²) in [5, 5.41) is 19.4. The Balaban J connectivity index is 1.42. The molecule has 32 heavy (non-hydrogen) atoms. The first-order chi connectivity index (χ1) is 15.6. The number of thiophene rings is 1. The van der Waals surface area contributed by atoms with Gasteiger partial charge in [-0.25, -0.2) is 9.79 Å². The third kappa shape index (κ3) is 3.52. The zero-order valence-electron chi connectivity index (χ0n) is 16.7. The first-order valence-corrected chi connectivity index (χ1v) is 11.0. The monoisotopic (exact) mass is 446 g/mol. The molecule has 0 aliphatic heterocycles. The summed E-state index contributed by atoms with van der Waals surface area (Å²) in [6.45, 7) is 0.581. The zero-order valence-corrected chi connectivity index (χ0v) is 17.6. The maximum Gasteiger partial charge on any atom is 0.326 e. The number of anilines is 1. The van der Waals surface area contributed by atoms with Crippen LogP contribution in [0.1, 0.15) is 23.4 Å². The summed E-state index contributed by atoms with van der Waals surface area (Å²) in [5.74, 6) is 0.200. The van der Waals surface area contributed by atoms with Crippen molar-refractivity contribution in [2.24, 2.45) is 4.99 Å². The van der Waals surface area contributed by atoms with Crippen LogP contribution >= 0.6 is 11.3 Å². The molecular formula is C21H18N8O2S. The van der Waals surface area contributed by atoms with Gasteiger partial charge in [0.1, 0.15) is 5.69 Å². The van der Waals surface area contributed by atoms with Crippen LogP contribution in [0.25, 0.3) is 21.8 Å². The quantitative estimate of drug-likeness (QED) is 0.321. The van der Waals surface area contributed by atoms with Gasteiger partial charge < -0.3 is 15.4 Å². The fourth-order valence-electron chi connectivity index (χ4n) is 3.45. The number of aromatic amines is 2. The molecule has 0 bridgehead atoms. The van der Waals surface area contributed by atoms with Crippen molar-refractivity contribution in [1.82, 2.24) is 29.5 Å². The molecule has 4 N–H and O–H groups in total. The highest BCUT2D eigenvalue weighted by atomic mass is 32.1. The SMILES string of the molecule is O=c1[nH]c(O)c(/C=c2\cnn3c(=NC4CC4)nc(NCc4cc5ccccc5s4)nc23)[nH]1. The van der Waals surface area contributed by atoms with E-state index in [1.807, 2.05) is 12.1 Å². The fourth-order valence-corrected chi connectivity index (χ4v) is 4.45. The molecule has 0 spiro atoms. The van der Waals surface area contributed by atoms with Crippen molar-refractivity contribution >= 4 is 39.1 Å². The smallest absolute Gasteiger partial charge is 0.326 e. The highest BCUT2D eigenvalue weighted by Crippen LogP contribution is 2.25. The molecule has 6 rings (SSSR count). The van der Waals surface area contributed by atoms with Gasteiger partial charge in [0.25, 0.3) is 5.62 Å². The Morgan fingerprint density at radius 1 is 1.28 bits per heavy atom.